The molecule has 0 saturated carbocycles. The summed E-state index contributed by atoms with van der Waals surface area (Å²) in [7, 11) is 0. The van der Waals surface area contributed by atoms with Crippen LogP contribution in [0, 0.1) is 0 Å². The normalized spacial score (nSPS) is 20.6. The Bertz CT molecular complexity index is 567. The summed E-state index contributed by atoms with van der Waals surface area (Å²) in [6, 6.07) is 5.99. The van der Waals surface area contributed by atoms with Crippen LogP contribution in [-0.4, -0.2) is 62.1 Å². The lowest BCUT2D eigenvalue weighted by Gasteiger charge is -2.31. The number of H-pyrrole nitrogens is 1. The quantitative estimate of drug-likeness (QED) is 0.799. The number of hydrogen-bond acceptors (Lipinski definition) is 4. The van der Waals surface area contributed by atoms with Crippen molar-refractivity contribution in [2.75, 3.05) is 44.2 Å². The van der Waals surface area contributed by atoms with E-state index in [-0.39, 0.29) is 30.8 Å². The highest BCUT2D eigenvalue weighted by molar-refractivity contribution is 5.83. The number of piperazine rings is 1. The van der Waals surface area contributed by atoms with Gasteiger partial charge < -0.3 is 15.0 Å². The third-order valence-corrected chi connectivity index (χ3v) is 4.78. The Balaban J connectivity index is 1.34. The molecule has 2 N–H and O–H groups in total. The van der Waals surface area contributed by atoms with Crippen molar-refractivity contribution >= 4 is 17.6 Å². The van der Waals surface area contributed by atoms with Gasteiger partial charge in [0.1, 0.15) is 13.1 Å². The molecule has 7 nitrogen and oxygen atoms in total. The fourth-order valence-corrected chi connectivity index (χ4v) is 3.28. The predicted molar refractivity (Wildman–Crippen MR) is 93.0 cm³/mol. The molecule has 7 heteroatoms. The highest BCUT2D eigenvalue weighted by atomic mass is 16.5. The van der Waals surface area contributed by atoms with Crippen LogP contribution in [0.3, 0.4) is 0 Å². The summed E-state index contributed by atoms with van der Waals surface area (Å²) in [4.78, 5) is 31.5. The minimum Gasteiger partial charge on any atom is -0.376 e. The number of aromatic amines is 1. The Kier molecular flexibility index (Phi) is 6.22. The molecule has 136 valence electrons. The molecule has 3 rings (SSSR count). The Morgan fingerprint density at radius 2 is 2.04 bits per heavy atom. The van der Waals surface area contributed by atoms with Crippen molar-refractivity contribution in [2.45, 2.75) is 31.8 Å². The SMILES string of the molecule is O=C(CCC(=O)N1CCN(c2cccc[nH+]2)CC1)NC[C@@H]1CCCO1. The molecule has 0 bridgehead atoms. The van der Waals surface area contributed by atoms with Gasteiger partial charge in [0.05, 0.1) is 25.4 Å². The molecule has 0 aliphatic carbocycles. The van der Waals surface area contributed by atoms with E-state index in [0.717, 1.165) is 38.4 Å². The van der Waals surface area contributed by atoms with E-state index in [9.17, 15) is 9.59 Å². The topological polar surface area (TPSA) is 76.0 Å². The van der Waals surface area contributed by atoms with E-state index >= 15 is 0 Å². The van der Waals surface area contributed by atoms with Crippen molar-refractivity contribution in [3.8, 4) is 0 Å². The zero-order valence-corrected chi connectivity index (χ0v) is 14.6. The maximum atomic E-state index is 12.3. The Morgan fingerprint density at radius 3 is 2.72 bits per heavy atom. The number of nitrogens with one attached hydrogen (secondary N) is 2. The minimum atomic E-state index is -0.0682. The third-order valence-electron chi connectivity index (χ3n) is 4.78. The summed E-state index contributed by atoms with van der Waals surface area (Å²) >= 11 is 0. The fraction of sp³-hybridized carbons (Fsp3) is 0.611. The van der Waals surface area contributed by atoms with Crippen LogP contribution in [0.2, 0.25) is 0 Å². The second kappa shape index (κ2) is 8.80. The number of hydrogen-bond donors (Lipinski definition) is 1. The number of carbonyl (C=O) groups excluding carboxylic acids is 2. The van der Waals surface area contributed by atoms with Gasteiger partial charge in [0, 0.05) is 32.1 Å². The highest BCUT2D eigenvalue weighted by Gasteiger charge is 2.26. The Morgan fingerprint density at radius 1 is 1.20 bits per heavy atom. The molecule has 2 aliphatic heterocycles. The van der Waals surface area contributed by atoms with Crippen LogP contribution in [0.1, 0.15) is 25.7 Å². The second-order valence-electron chi connectivity index (χ2n) is 6.55. The molecule has 0 spiro atoms. The molecule has 0 unspecified atom stereocenters. The molecule has 2 fully saturated rings. The summed E-state index contributed by atoms with van der Waals surface area (Å²) < 4.78 is 5.47. The number of carbonyl (C=O) groups is 2. The average molecular weight is 347 g/mol. The fourth-order valence-electron chi connectivity index (χ4n) is 3.28. The summed E-state index contributed by atoms with van der Waals surface area (Å²) in [5, 5.41) is 2.86. The van der Waals surface area contributed by atoms with E-state index in [1.54, 1.807) is 0 Å². The molecule has 0 aromatic carbocycles. The number of anilines is 1. The maximum absolute atomic E-state index is 12.3. The molecule has 1 aromatic rings. The number of pyridine rings is 1. The number of ether oxygens (including phenoxy) is 1. The van der Waals surface area contributed by atoms with E-state index in [2.05, 4.69) is 15.2 Å². The summed E-state index contributed by atoms with van der Waals surface area (Å²) in [6.07, 6.45) is 4.63. The van der Waals surface area contributed by atoms with E-state index in [0.29, 0.717) is 19.6 Å². The zero-order valence-electron chi connectivity index (χ0n) is 14.6. The first-order valence-corrected chi connectivity index (χ1v) is 9.10. The van der Waals surface area contributed by atoms with E-state index in [1.807, 2.05) is 29.3 Å². The van der Waals surface area contributed by atoms with Crippen LogP contribution in [0.25, 0.3) is 0 Å². The molecule has 1 aromatic heterocycles. The Hall–Kier alpha value is -2.15. The Labute approximate surface area is 148 Å². The maximum Gasteiger partial charge on any atom is 0.274 e. The number of nitrogens with zero attached hydrogens (tertiary/aromatic N) is 2. The first-order chi connectivity index (χ1) is 12.2. The average Bonchev–Trinajstić information content (AvgIpc) is 3.19. The van der Waals surface area contributed by atoms with Crippen LogP contribution >= 0.6 is 0 Å². The van der Waals surface area contributed by atoms with Crippen molar-refractivity contribution in [3.63, 3.8) is 0 Å². The van der Waals surface area contributed by atoms with Gasteiger partial charge in [0.25, 0.3) is 5.82 Å². The standard InChI is InChI=1S/C18H26N4O3/c23-17(20-14-15-4-3-13-25-15)6-7-18(24)22-11-9-21(10-12-22)16-5-1-2-8-19-16/h1-2,5,8,15H,3-4,6-7,9-14H2,(H,20,23)/p+1/t15-/m0/s1. The van der Waals surface area contributed by atoms with Gasteiger partial charge in [0.2, 0.25) is 11.8 Å². The monoisotopic (exact) mass is 347 g/mol. The molecule has 2 saturated heterocycles. The lowest BCUT2D eigenvalue weighted by atomic mass is 10.2. The molecule has 2 aliphatic rings. The van der Waals surface area contributed by atoms with Gasteiger partial charge in [0.15, 0.2) is 0 Å². The summed E-state index contributed by atoms with van der Waals surface area (Å²) in [5.74, 6) is 1.06. The molecule has 1 atom stereocenters. The van der Waals surface area contributed by atoms with Gasteiger partial charge in [-0.1, -0.05) is 6.07 Å². The first-order valence-electron chi connectivity index (χ1n) is 9.10. The molecular formula is C18H27N4O3+. The van der Waals surface area contributed by atoms with Crippen molar-refractivity contribution in [3.05, 3.63) is 24.4 Å². The van der Waals surface area contributed by atoms with Gasteiger partial charge in [-0.3, -0.25) is 14.5 Å². The van der Waals surface area contributed by atoms with Gasteiger partial charge in [-0.2, -0.15) is 0 Å². The van der Waals surface area contributed by atoms with E-state index < -0.39 is 0 Å². The van der Waals surface area contributed by atoms with Crippen molar-refractivity contribution < 1.29 is 19.3 Å². The van der Waals surface area contributed by atoms with Gasteiger partial charge >= 0.3 is 0 Å². The minimum absolute atomic E-state index is 0.0592. The van der Waals surface area contributed by atoms with Gasteiger partial charge in [-0.25, -0.2) is 4.98 Å². The smallest absolute Gasteiger partial charge is 0.274 e. The van der Waals surface area contributed by atoms with Gasteiger partial charge in [-0.15, -0.1) is 0 Å². The number of amides is 2. The highest BCUT2D eigenvalue weighted by Crippen LogP contribution is 2.12. The first kappa shape index (κ1) is 17.7. The van der Waals surface area contributed by atoms with E-state index in [1.165, 1.54) is 0 Å². The predicted octanol–water partition coefficient (Wildman–Crippen LogP) is 0.225. The van der Waals surface area contributed by atoms with Gasteiger partial charge in [-0.05, 0) is 18.9 Å². The lowest BCUT2D eigenvalue weighted by Crippen LogP contribution is -2.50. The van der Waals surface area contributed by atoms with E-state index in [4.69, 9.17) is 4.74 Å². The number of aromatic nitrogens is 1. The second-order valence-corrected chi connectivity index (χ2v) is 6.55. The summed E-state index contributed by atoms with van der Waals surface area (Å²) in [6.45, 7) is 4.33. The number of rotatable bonds is 6. The van der Waals surface area contributed by atoms with Crippen LogP contribution in [0.4, 0.5) is 5.82 Å². The van der Waals surface area contributed by atoms with Crippen molar-refractivity contribution in [2.24, 2.45) is 0 Å². The van der Waals surface area contributed by atoms with Crippen molar-refractivity contribution in [1.29, 1.82) is 0 Å². The molecule has 0 radical (unpaired) electrons. The van der Waals surface area contributed by atoms with Crippen LogP contribution in [-0.2, 0) is 14.3 Å². The van der Waals surface area contributed by atoms with Crippen LogP contribution < -0.4 is 15.2 Å². The van der Waals surface area contributed by atoms with Crippen molar-refractivity contribution in [1.82, 2.24) is 10.2 Å². The molecule has 25 heavy (non-hydrogen) atoms. The largest absolute Gasteiger partial charge is 0.376 e. The van der Waals surface area contributed by atoms with Crippen LogP contribution in [0.15, 0.2) is 24.4 Å². The third kappa shape index (κ3) is 5.16. The summed E-state index contributed by atoms with van der Waals surface area (Å²) in [5.41, 5.74) is 0. The lowest BCUT2D eigenvalue weighted by molar-refractivity contribution is -0.364. The van der Waals surface area contributed by atoms with Crippen LogP contribution in [0.5, 0.6) is 0 Å². The zero-order chi connectivity index (χ0) is 17.5. The molecule has 2 amide bonds. The molecule has 3 heterocycles. The molecular weight excluding hydrogens is 320 g/mol.